The van der Waals surface area contributed by atoms with Crippen LogP contribution in [0.4, 0.5) is 4.79 Å². The van der Waals surface area contributed by atoms with Crippen molar-refractivity contribution in [2.45, 2.75) is 13.3 Å². The lowest BCUT2D eigenvalue weighted by Crippen LogP contribution is -2.17. The summed E-state index contributed by atoms with van der Waals surface area (Å²) in [6.45, 7) is 2.55. The normalized spacial score (nSPS) is 15.6. The standard InChI is InChI=1S/C18H16N2O3S/c1-12-2-5-14(19-11-12)8-9-23-15-6-3-13(4-7-15)10-16-17(21)20-18(22)24-16/h2-7,10-11H,8-9H2,1H3,(H,20,21,22). The molecule has 1 fully saturated rings. The van der Waals surface area contributed by atoms with Crippen LogP contribution in [-0.4, -0.2) is 22.7 Å². The van der Waals surface area contributed by atoms with Crippen molar-refractivity contribution < 1.29 is 14.3 Å². The molecule has 2 heterocycles. The number of nitrogens with one attached hydrogen (secondary N) is 1. The van der Waals surface area contributed by atoms with Crippen molar-refractivity contribution in [3.05, 3.63) is 64.3 Å². The van der Waals surface area contributed by atoms with E-state index in [2.05, 4.69) is 10.3 Å². The van der Waals surface area contributed by atoms with E-state index in [1.165, 1.54) is 0 Å². The van der Waals surface area contributed by atoms with Gasteiger partial charge in [-0.25, -0.2) is 0 Å². The highest BCUT2D eigenvalue weighted by Gasteiger charge is 2.24. The third-order valence-electron chi connectivity index (χ3n) is 3.42. The molecule has 1 saturated heterocycles. The molecule has 1 aliphatic rings. The van der Waals surface area contributed by atoms with Crippen LogP contribution >= 0.6 is 11.8 Å². The van der Waals surface area contributed by atoms with Gasteiger partial charge in [0.15, 0.2) is 0 Å². The first-order chi connectivity index (χ1) is 11.6. The van der Waals surface area contributed by atoms with Gasteiger partial charge >= 0.3 is 0 Å². The maximum atomic E-state index is 11.5. The van der Waals surface area contributed by atoms with E-state index in [9.17, 15) is 9.59 Å². The maximum absolute atomic E-state index is 11.5. The Labute approximate surface area is 144 Å². The van der Waals surface area contributed by atoms with E-state index < -0.39 is 0 Å². The van der Waals surface area contributed by atoms with Crippen LogP contribution in [0.5, 0.6) is 5.75 Å². The molecule has 0 radical (unpaired) electrons. The van der Waals surface area contributed by atoms with Gasteiger partial charge in [0.1, 0.15) is 5.75 Å². The predicted octanol–water partition coefficient (Wildman–Crippen LogP) is 3.34. The molecule has 0 unspecified atom stereocenters. The summed E-state index contributed by atoms with van der Waals surface area (Å²) in [5.74, 6) is 0.403. The number of carbonyl (C=O) groups excluding carboxylic acids is 2. The molecule has 0 saturated carbocycles. The fourth-order valence-corrected chi connectivity index (χ4v) is 2.83. The van der Waals surface area contributed by atoms with Crippen molar-refractivity contribution in [3.63, 3.8) is 0 Å². The SMILES string of the molecule is Cc1ccc(CCOc2ccc(C=C3SC(=O)NC3=O)cc2)nc1. The number of benzene rings is 1. The Morgan fingerprint density at radius 1 is 1.17 bits per heavy atom. The first kappa shape index (κ1) is 16.3. The Morgan fingerprint density at radius 3 is 2.58 bits per heavy atom. The Kier molecular flexibility index (Phi) is 4.96. The monoisotopic (exact) mass is 340 g/mol. The number of thioether (sulfide) groups is 1. The number of nitrogens with zero attached hydrogens (tertiary/aromatic N) is 1. The van der Waals surface area contributed by atoms with Gasteiger partial charge in [-0.1, -0.05) is 18.2 Å². The molecule has 0 atom stereocenters. The number of pyridine rings is 1. The van der Waals surface area contributed by atoms with Crippen molar-refractivity contribution in [3.8, 4) is 5.75 Å². The van der Waals surface area contributed by atoms with Gasteiger partial charge in [-0.2, -0.15) is 0 Å². The van der Waals surface area contributed by atoms with E-state index >= 15 is 0 Å². The van der Waals surface area contributed by atoms with Gasteiger partial charge in [-0.15, -0.1) is 0 Å². The summed E-state index contributed by atoms with van der Waals surface area (Å²) >= 11 is 0.908. The van der Waals surface area contributed by atoms with Crippen LogP contribution in [0.1, 0.15) is 16.8 Å². The Balaban J connectivity index is 1.55. The molecule has 5 nitrogen and oxygen atoms in total. The number of aryl methyl sites for hydroxylation is 1. The summed E-state index contributed by atoms with van der Waals surface area (Å²) in [6, 6.07) is 11.4. The zero-order valence-corrected chi connectivity index (χ0v) is 13.9. The van der Waals surface area contributed by atoms with Gasteiger partial charge in [0.05, 0.1) is 11.5 Å². The number of amides is 2. The molecule has 3 rings (SSSR count). The quantitative estimate of drug-likeness (QED) is 0.846. The second-order valence-corrected chi connectivity index (χ2v) is 6.36. The number of ether oxygens (including phenoxy) is 1. The van der Waals surface area contributed by atoms with Crippen LogP contribution < -0.4 is 10.1 Å². The molecule has 1 aliphatic heterocycles. The fourth-order valence-electron chi connectivity index (χ4n) is 2.15. The first-order valence-corrected chi connectivity index (χ1v) is 8.31. The predicted molar refractivity (Wildman–Crippen MR) is 93.7 cm³/mol. The van der Waals surface area contributed by atoms with Crippen LogP contribution in [0.3, 0.4) is 0 Å². The van der Waals surface area contributed by atoms with Crippen LogP contribution in [-0.2, 0) is 11.2 Å². The molecule has 122 valence electrons. The minimum atomic E-state index is -0.351. The van der Waals surface area contributed by atoms with Crippen LogP contribution in [0.25, 0.3) is 6.08 Å². The molecule has 1 N–H and O–H groups in total. The Bertz CT molecular complexity index is 783. The zero-order valence-electron chi connectivity index (χ0n) is 13.1. The number of hydrogen-bond donors (Lipinski definition) is 1. The third kappa shape index (κ3) is 4.23. The van der Waals surface area contributed by atoms with Crippen molar-refractivity contribution in [1.29, 1.82) is 0 Å². The highest BCUT2D eigenvalue weighted by molar-refractivity contribution is 8.18. The fraction of sp³-hybridized carbons (Fsp3) is 0.167. The number of rotatable bonds is 5. The molecule has 1 aromatic carbocycles. The highest BCUT2D eigenvalue weighted by Crippen LogP contribution is 2.26. The lowest BCUT2D eigenvalue weighted by Gasteiger charge is -2.06. The van der Waals surface area contributed by atoms with Crippen molar-refractivity contribution >= 4 is 29.0 Å². The maximum Gasteiger partial charge on any atom is 0.290 e. The summed E-state index contributed by atoms with van der Waals surface area (Å²) in [4.78, 5) is 27.4. The summed E-state index contributed by atoms with van der Waals surface area (Å²) in [5.41, 5.74) is 2.98. The minimum Gasteiger partial charge on any atom is -0.493 e. The molecular weight excluding hydrogens is 324 g/mol. The highest BCUT2D eigenvalue weighted by atomic mass is 32.2. The molecule has 24 heavy (non-hydrogen) atoms. The van der Waals surface area contributed by atoms with E-state index in [-0.39, 0.29) is 11.1 Å². The van der Waals surface area contributed by atoms with E-state index in [0.29, 0.717) is 11.5 Å². The Hall–Kier alpha value is -2.60. The van der Waals surface area contributed by atoms with E-state index in [1.807, 2.05) is 49.5 Å². The lowest BCUT2D eigenvalue weighted by molar-refractivity contribution is -0.115. The summed E-state index contributed by atoms with van der Waals surface area (Å²) in [5, 5.41) is 1.89. The van der Waals surface area contributed by atoms with E-state index in [0.717, 1.165) is 40.8 Å². The van der Waals surface area contributed by atoms with E-state index in [1.54, 1.807) is 6.08 Å². The zero-order chi connectivity index (χ0) is 16.9. The molecule has 0 bridgehead atoms. The van der Waals surface area contributed by atoms with Crippen molar-refractivity contribution in [2.24, 2.45) is 0 Å². The molecule has 6 heteroatoms. The summed E-state index contributed by atoms with van der Waals surface area (Å²) in [7, 11) is 0. The number of imide groups is 1. The average Bonchev–Trinajstić information content (AvgIpc) is 2.88. The largest absolute Gasteiger partial charge is 0.493 e. The molecular formula is C18H16N2O3S. The summed E-state index contributed by atoms with van der Waals surface area (Å²) in [6.07, 6.45) is 4.27. The lowest BCUT2D eigenvalue weighted by atomic mass is 10.2. The second-order valence-electron chi connectivity index (χ2n) is 5.35. The van der Waals surface area contributed by atoms with Gasteiger partial charge in [-0.3, -0.25) is 19.9 Å². The average molecular weight is 340 g/mol. The van der Waals surface area contributed by atoms with Crippen LogP contribution in [0, 0.1) is 6.92 Å². The topological polar surface area (TPSA) is 68.3 Å². The van der Waals surface area contributed by atoms with Crippen molar-refractivity contribution in [1.82, 2.24) is 10.3 Å². The number of carbonyl (C=O) groups is 2. The van der Waals surface area contributed by atoms with Gasteiger partial charge in [0.2, 0.25) is 0 Å². The molecule has 0 spiro atoms. The van der Waals surface area contributed by atoms with Gasteiger partial charge in [-0.05, 0) is 54.1 Å². The summed E-state index contributed by atoms with van der Waals surface area (Å²) < 4.78 is 5.70. The van der Waals surface area contributed by atoms with Crippen molar-refractivity contribution in [2.75, 3.05) is 6.61 Å². The van der Waals surface area contributed by atoms with Gasteiger partial charge in [0.25, 0.3) is 11.1 Å². The Morgan fingerprint density at radius 2 is 1.96 bits per heavy atom. The molecule has 0 aliphatic carbocycles. The first-order valence-electron chi connectivity index (χ1n) is 7.49. The third-order valence-corrected chi connectivity index (χ3v) is 4.23. The van der Waals surface area contributed by atoms with Crippen LogP contribution in [0.15, 0.2) is 47.5 Å². The minimum absolute atomic E-state index is 0.337. The van der Waals surface area contributed by atoms with Crippen LogP contribution in [0.2, 0.25) is 0 Å². The smallest absolute Gasteiger partial charge is 0.290 e. The van der Waals surface area contributed by atoms with Gasteiger partial charge < -0.3 is 4.74 Å². The second kappa shape index (κ2) is 7.31. The van der Waals surface area contributed by atoms with Gasteiger partial charge in [0, 0.05) is 18.3 Å². The molecule has 2 aromatic rings. The molecule has 1 aromatic heterocycles. The number of aromatic nitrogens is 1. The molecule has 2 amide bonds. The number of hydrogen-bond acceptors (Lipinski definition) is 5. The van der Waals surface area contributed by atoms with E-state index in [4.69, 9.17) is 4.74 Å².